The molecule has 0 aromatic carbocycles. The van der Waals surface area contributed by atoms with Gasteiger partial charge in [0.2, 0.25) is 0 Å². The van der Waals surface area contributed by atoms with E-state index in [1.807, 2.05) is 55.4 Å². The fraction of sp³-hybridized carbons (Fsp3) is 1.00. The molecule has 0 N–H and O–H groups in total. The SMILES string of the molecule is CC(C)CC(C)OP(=O)([O-])OC(C)CC(C)C.CC(C)CC(C)OP(=O)([O-])OC(C)CC(C)C.[Zn+2]. The van der Waals surface area contributed by atoms with Gasteiger partial charge in [0, 0.05) is 0 Å². The van der Waals surface area contributed by atoms with Gasteiger partial charge in [0.05, 0.1) is 24.4 Å². The molecule has 0 aliphatic rings. The Morgan fingerprint density at radius 3 is 0.714 bits per heavy atom. The van der Waals surface area contributed by atoms with E-state index in [0.717, 1.165) is 0 Å². The maximum absolute atomic E-state index is 11.6. The minimum absolute atomic E-state index is 0. The molecule has 4 atom stereocenters. The van der Waals surface area contributed by atoms with Crippen LogP contribution in [-0.4, -0.2) is 24.4 Å². The molecule has 0 radical (unpaired) electrons. The molecule has 0 saturated heterocycles. The predicted molar refractivity (Wildman–Crippen MR) is 135 cm³/mol. The number of phosphoric acid groups is 2. The third-order valence-electron chi connectivity index (χ3n) is 4.45. The van der Waals surface area contributed by atoms with Crippen molar-refractivity contribution in [1.29, 1.82) is 0 Å². The Labute approximate surface area is 228 Å². The molecular formula is C24H52O8P2Zn. The van der Waals surface area contributed by atoms with Crippen LogP contribution in [0.5, 0.6) is 0 Å². The van der Waals surface area contributed by atoms with Crippen LogP contribution in [0, 0.1) is 23.7 Å². The van der Waals surface area contributed by atoms with Crippen molar-refractivity contribution in [1.82, 2.24) is 0 Å². The topological polar surface area (TPSA) is 117 Å². The van der Waals surface area contributed by atoms with Crippen molar-refractivity contribution in [3.8, 4) is 0 Å². The number of rotatable bonds is 16. The number of phosphoric ester groups is 2. The Morgan fingerprint density at radius 1 is 0.457 bits per heavy atom. The van der Waals surface area contributed by atoms with Crippen LogP contribution in [0.3, 0.4) is 0 Å². The molecule has 0 aromatic rings. The van der Waals surface area contributed by atoms with Crippen LogP contribution in [0.15, 0.2) is 0 Å². The smallest absolute Gasteiger partial charge is 0.756 e. The van der Waals surface area contributed by atoms with Gasteiger partial charge in [-0.15, -0.1) is 0 Å². The van der Waals surface area contributed by atoms with E-state index < -0.39 is 15.6 Å². The van der Waals surface area contributed by atoms with Gasteiger partial charge in [0.25, 0.3) is 15.6 Å². The molecule has 208 valence electrons. The standard InChI is InChI=1S/2C12H27O4P.Zn/c2*1-9(2)7-11(5)15-17(13,14)16-12(6)8-10(3)4;/h2*9-12H,7-8H2,1-6H3,(H,13,14);/q;;+2/p-2. The first-order chi connectivity index (χ1) is 15.2. The molecule has 0 amide bonds. The molecule has 0 aliphatic heterocycles. The minimum Gasteiger partial charge on any atom is -0.756 e. The summed E-state index contributed by atoms with van der Waals surface area (Å²) in [5.41, 5.74) is 0. The second-order valence-corrected chi connectivity index (χ2v) is 13.7. The molecule has 0 fully saturated rings. The summed E-state index contributed by atoms with van der Waals surface area (Å²) in [6.45, 7) is 23.2. The van der Waals surface area contributed by atoms with Gasteiger partial charge in [-0.05, 0) is 77.0 Å². The molecule has 0 bridgehead atoms. The molecule has 0 aliphatic carbocycles. The van der Waals surface area contributed by atoms with Crippen LogP contribution < -0.4 is 9.79 Å². The second kappa shape index (κ2) is 19.8. The molecule has 0 heterocycles. The largest absolute Gasteiger partial charge is 2.00 e. The van der Waals surface area contributed by atoms with Gasteiger partial charge in [-0.25, -0.2) is 0 Å². The predicted octanol–water partition coefficient (Wildman–Crippen LogP) is 6.71. The minimum atomic E-state index is -4.17. The third kappa shape index (κ3) is 27.7. The quantitative estimate of drug-likeness (QED) is 0.143. The number of hydrogen-bond acceptors (Lipinski definition) is 8. The molecule has 8 nitrogen and oxygen atoms in total. The molecule has 11 heteroatoms. The average molecular weight is 596 g/mol. The van der Waals surface area contributed by atoms with Crippen molar-refractivity contribution in [2.75, 3.05) is 0 Å². The molecule has 35 heavy (non-hydrogen) atoms. The van der Waals surface area contributed by atoms with E-state index in [1.54, 1.807) is 27.7 Å². The summed E-state index contributed by atoms with van der Waals surface area (Å²) >= 11 is 0. The maximum Gasteiger partial charge on any atom is 2.00 e. The van der Waals surface area contributed by atoms with Crippen molar-refractivity contribution in [2.45, 2.75) is 133 Å². The van der Waals surface area contributed by atoms with E-state index in [9.17, 15) is 18.9 Å². The van der Waals surface area contributed by atoms with Gasteiger partial charge in [0.15, 0.2) is 0 Å². The van der Waals surface area contributed by atoms with Crippen molar-refractivity contribution in [3.05, 3.63) is 0 Å². The first-order valence-corrected chi connectivity index (χ1v) is 15.5. The Kier molecular flexibility index (Phi) is 22.9. The van der Waals surface area contributed by atoms with E-state index in [0.29, 0.717) is 49.4 Å². The molecule has 0 saturated carbocycles. The summed E-state index contributed by atoms with van der Waals surface area (Å²) in [4.78, 5) is 23.2. The summed E-state index contributed by atoms with van der Waals surface area (Å²) < 4.78 is 43.1. The van der Waals surface area contributed by atoms with Crippen LogP contribution in [0.2, 0.25) is 0 Å². The Morgan fingerprint density at radius 2 is 0.600 bits per heavy atom. The zero-order chi connectivity index (χ0) is 27.3. The van der Waals surface area contributed by atoms with Crippen LogP contribution in [0.4, 0.5) is 0 Å². The van der Waals surface area contributed by atoms with Crippen molar-refractivity contribution in [3.63, 3.8) is 0 Å². The van der Waals surface area contributed by atoms with Gasteiger partial charge < -0.3 is 27.9 Å². The van der Waals surface area contributed by atoms with Crippen molar-refractivity contribution in [2.24, 2.45) is 23.7 Å². The monoisotopic (exact) mass is 594 g/mol. The van der Waals surface area contributed by atoms with Crippen molar-refractivity contribution >= 4 is 15.6 Å². The molecule has 0 aromatic heterocycles. The van der Waals surface area contributed by atoms with Crippen LogP contribution in [0.1, 0.15) is 109 Å². The Bertz CT molecular complexity index is 520. The van der Waals surface area contributed by atoms with Crippen molar-refractivity contribution < 1.29 is 56.5 Å². The van der Waals surface area contributed by atoms with Gasteiger partial charge in [0.1, 0.15) is 0 Å². The molecule has 4 unspecified atom stereocenters. The number of hydrogen-bond donors (Lipinski definition) is 0. The zero-order valence-corrected chi connectivity index (χ0v) is 29.1. The Hall–Kier alpha value is 0.843. The molecular weight excluding hydrogens is 544 g/mol. The Balaban J connectivity index is -0.000000569. The molecule has 0 spiro atoms. The second-order valence-electron chi connectivity index (χ2n) is 11.1. The van der Waals surface area contributed by atoms with Gasteiger partial charge in [-0.1, -0.05) is 55.4 Å². The van der Waals surface area contributed by atoms with E-state index in [-0.39, 0.29) is 43.9 Å². The zero-order valence-electron chi connectivity index (χ0n) is 24.3. The summed E-state index contributed by atoms with van der Waals surface area (Å²) in [6, 6.07) is 0. The van der Waals surface area contributed by atoms with Crippen LogP contribution in [-0.2, 0) is 46.7 Å². The fourth-order valence-electron chi connectivity index (χ4n) is 3.76. The van der Waals surface area contributed by atoms with Crippen LogP contribution >= 0.6 is 15.6 Å². The summed E-state index contributed by atoms with van der Waals surface area (Å²) in [5.74, 6) is 1.60. The van der Waals surface area contributed by atoms with E-state index >= 15 is 0 Å². The maximum atomic E-state index is 11.6. The van der Waals surface area contributed by atoms with E-state index in [4.69, 9.17) is 18.1 Å². The average Bonchev–Trinajstić information content (AvgIpc) is 2.48. The first-order valence-electron chi connectivity index (χ1n) is 12.6. The van der Waals surface area contributed by atoms with Gasteiger partial charge in [-0.2, -0.15) is 0 Å². The van der Waals surface area contributed by atoms with Crippen LogP contribution in [0.25, 0.3) is 0 Å². The summed E-state index contributed by atoms with van der Waals surface area (Å²) in [5, 5.41) is 0. The van der Waals surface area contributed by atoms with Gasteiger partial charge in [-0.3, -0.25) is 9.13 Å². The fourth-order valence-corrected chi connectivity index (χ4v) is 5.97. The first kappa shape index (κ1) is 40.3. The normalized spacial score (nSPS) is 18.8. The van der Waals surface area contributed by atoms with E-state index in [2.05, 4.69) is 0 Å². The summed E-state index contributed by atoms with van der Waals surface area (Å²) in [6.07, 6.45) is 1.49. The third-order valence-corrected chi connectivity index (χ3v) is 6.92. The van der Waals surface area contributed by atoms with Gasteiger partial charge >= 0.3 is 19.5 Å². The van der Waals surface area contributed by atoms with E-state index in [1.165, 1.54) is 0 Å². The molecule has 0 rings (SSSR count). The summed E-state index contributed by atoms with van der Waals surface area (Å²) in [7, 11) is -8.33.